The monoisotopic (exact) mass is 164 g/mol. The Labute approximate surface area is 62.8 Å². The third kappa shape index (κ3) is 8.86. The van der Waals surface area contributed by atoms with Crippen LogP contribution in [-0.4, -0.2) is 24.6 Å². The lowest BCUT2D eigenvalue weighted by Crippen LogP contribution is -1.80. The standard InChI is InChI=1S/C7H18P2/c1-3-8-6-5-7-9-4-2/h8-9H,3-7H2,1-2H3. The molecule has 0 aliphatic heterocycles. The number of hydrogen-bond acceptors (Lipinski definition) is 0. The summed E-state index contributed by atoms with van der Waals surface area (Å²) in [5.74, 6) is 0. The zero-order chi connectivity index (χ0) is 6.95. The summed E-state index contributed by atoms with van der Waals surface area (Å²) in [5.41, 5.74) is 0. The fourth-order valence-corrected chi connectivity index (χ4v) is 2.61. The van der Waals surface area contributed by atoms with Gasteiger partial charge in [-0.15, -0.1) is 17.2 Å². The van der Waals surface area contributed by atoms with Crippen LogP contribution in [0, 0.1) is 0 Å². The van der Waals surface area contributed by atoms with Gasteiger partial charge in [-0.05, 0) is 31.1 Å². The molecule has 0 radical (unpaired) electrons. The average Bonchev–Trinajstić information content (AvgIpc) is 1.89. The molecule has 0 aliphatic carbocycles. The Bertz CT molecular complexity index is 40.2. The van der Waals surface area contributed by atoms with E-state index in [2.05, 4.69) is 13.8 Å². The molecule has 0 aromatic carbocycles. The molecule has 0 heterocycles. The molecular formula is C7H18P2. The second-order valence-corrected chi connectivity index (χ2v) is 5.47. The number of rotatable bonds is 6. The summed E-state index contributed by atoms with van der Waals surface area (Å²) in [6.07, 6.45) is 7.26. The Kier molecular flexibility index (Phi) is 9.71. The third-order valence-electron chi connectivity index (χ3n) is 1.21. The lowest BCUT2D eigenvalue weighted by atomic mass is 10.6. The molecule has 0 nitrogen and oxygen atoms in total. The van der Waals surface area contributed by atoms with Crippen LogP contribution in [0.2, 0.25) is 0 Å². The van der Waals surface area contributed by atoms with Crippen molar-refractivity contribution in [3.63, 3.8) is 0 Å². The normalized spacial score (nSPS) is 12.7. The first-order valence-electron chi connectivity index (χ1n) is 3.83. The van der Waals surface area contributed by atoms with Crippen molar-refractivity contribution in [3.8, 4) is 0 Å². The Morgan fingerprint density at radius 1 is 0.889 bits per heavy atom. The first kappa shape index (κ1) is 9.86. The minimum absolute atomic E-state index is 1.23. The quantitative estimate of drug-likeness (QED) is 0.418. The fraction of sp³-hybridized carbons (Fsp3) is 1.00. The Morgan fingerprint density at radius 2 is 1.33 bits per heavy atom. The van der Waals surface area contributed by atoms with Gasteiger partial charge in [-0.1, -0.05) is 13.8 Å². The molecule has 0 saturated heterocycles. The van der Waals surface area contributed by atoms with Crippen molar-refractivity contribution >= 4 is 17.2 Å². The topological polar surface area (TPSA) is 0 Å². The minimum atomic E-state index is 1.23. The van der Waals surface area contributed by atoms with Crippen LogP contribution < -0.4 is 0 Å². The van der Waals surface area contributed by atoms with Crippen LogP contribution in [-0.2, 0) is 0 Å². The predicted molar refractivity (Wildman–Crippen MR) is 52.1 cm³/mol. The maximum atomic E-state index is 2.28. The smallest absolute Gasteiger partial charge is 0.0350 e. The van der Waals surface area contributed by atoms with Crippen LogP contribution in [0.25, 0.3) is 0 Å². The number of hydrogen-bond donors (Lipinski definition) is 0. The van der Waals surface area contributed by atoms with Crippen molar-refractivity contribution in [1.82, 2.24) is 0 Å². The molecule has 0 aromatic heterocycles. The molecule has 56 valence electrons. The van der Waals surface area contributed by atoms with Gasteiger partial charge in [-0.2, -0.15) is 0 Å². The van der Waals surface area contributed by atoms with Gasteiger partial charge in [0.25, 0.3) is 0 Å². The van der Waals surface area contributed by atoms with Crippen LogP contribution in [0.3, 0.4) is 0 Å². The molecule has 0 bridgehead atoms. The molecule has 2 atom stereocenters. The predicted octanol–water partition coefficient (Wildman–Crippen LogP) is 2.77. The summed E-state index contributed by atoms with van der Waals surface area (Å²) < 4.78 is 0. The lowest BCUT2D eigenvalue weighted by Gasteiger charge is -1.96. The molecule has 0 aliphatic rings. The van der Waals surface area contributed by atoms with E-state index in [-0.39, 0.29) is 0 Å². The zero-order valence-electron chi connectivity index (χ0n) is 6.54. The highest BCUT2D eigenvalue weighted by Crippen LogP contribution is 2.15. The summed E-state index contributed by atoms with van der Waals surface area (Å²) in [4.78, 5) is 0. The Morgan fingerprint density at radius 3 is 1.67 bits per heavy atom. The third-order valence-corrected chi connectivity index (χ3v) is 3.62. The van der Waals surface area contributed by atoms with Gasteiger partial charge in [0.15, 0.2) is 0 Å². The van der Waals surface area contributed by atoms with Crippen LogP contribution >= 0.6 is 17.2 Å². The van der Waals surface area contributed by atoms with Gasteiger partial charge in [-0.25, -0.2) is 0 Å². The van der Waals surface area contributed by atoms with Crippen LogP contribution in [0.4, 0.5) is 0 Å². The van der Waals surface area contributed by atoms with Crippen molar-refractivity contribution in [2.24, 2.45) is 0 Å². The summed E-state index contributed by atoms with van der Waals surface area (Å²) >= 11 is 0. The molecule has 9 heavy (non-hydrogen) atoms. The van der Waals surface area contributed by atoms with E-state index in [1.165, 1.54) is 48.2 Å². The summed E-state index contributed by atoms with van der Waals surface area (Å²) in [7, 11) is 2.46. The average molecular weight is 164 g/mol. The molecule has 0 rings (SSSR count). The molecule has 0 N–H and O–H groups in total. The van der Waals surface area contributed by atoms with E-state index in [0.29, 0.717) is 0 Å². The molecule has 0 fully saturated rings. The highest BCUT2D eigenvalue weighted by molar-refractivity contribution is 7.39. The highest BCUT2D eigenvalue weighted by atomic mass is 31.1. The van der Waals surface area contributed by atoms with E-state index in [1.54, 1.807) is 0 Å². The Hall–Kier alpha value is 0.860. The van der Waals surface area contributed by atoms with E-state index < -0.39 is 0 Å². The second kappa shape index (κ2) is 8.86. The van der Waals surface area contributed by atoms with Crippen molar-refractivity contribution in [2.45, 2.75) is 20.3 Å². The van der Waals surface area contributed by atoms with Gasteiger partial charge in [-0.3, -0.25) is 0 Å². The van der Waals surface area contributed by atoms with E-state index in [0.717, 1.165) is 0 Å². The van der Waals surface area contributed by atoms with E-state index in [9.17, 15) is 0 Å². The van der Waals surface area contributed by atoms with Crippen molar-refractivity contribution in [2.75, 3.05) is 24.6 Å². The van der Waals surface area contributed by atoms with Gasteiger partial charge in [0.1, 0.15) is 0 Å². The van der Waals surface area contributed by atoms with E-state index >= 15 is 0 Å². The maximum Gasteiger partial charge on any atom is -0.0350 e. The van der Waals surface area contributed by atoms with Crippen molar-refractivity contribution in [3.05, 3.63) is 0 Å². The first-order valence-corrected chi connectivity index (χ1v) is 6.66. The maximum absolute atomic E-state index is 2.28. The largest absolute Gasteiger partial charge is 0.122 e. The fourth-order valence-electron chi connectivity index (χ4n) is 0.692. The van der Waals surface area contributed by atoms with E-state index in [1.807, 2.05) is 0 Å². The van der Waals surface area contributed by atoms with Gasteiger partial charge in [0.05, 0.1) is 0 Å². The summed E-state index contributed by atoms with van der Waals surface area (Å²) in [6, 6.07) is 0. The lowest BCUT2D eigenvalue weighted by molar-refractivity contribution is 1.11. The van der Waals surface area contributed by atoms with Gasteiger partial charge in [0.2, 0.25) is 0 Å². The van der Waals surface area contributed by atoms with Crippen LogP contribution in [0.1, 0.15) is 20.3 Å². The van der Waals surface area contributed by atoms with Crippen LogP contribution in [0.15, 0.2) is 0 Å². The van der Waals surface area contributed by atoms with Gasteiger partial charge < -0.3 is 0 Å². The van der Waals surface area contributed by atoms with Gasteiger partial charge >= 0.3 is 0 Å². The SMILES string of the molecule is CCPCCCPCC. The molecule has 0 aromatic rings. The molecule has 2 unspecified atom stereocenters. The molecule has 2 heteroatoms. The van der Waals surface area contributed by atoms with Crippen molar-refractivity contribution < 1.29 is 0 Å². The molecule has 0 saturated carbocycles. The Balaban J connectivity index is 2.60. The molecule has 0 spiro atoms. The minimum Gasteiger partial charge on any atom is -0.122 e. The summed E-state index contributed by atoms with van der Waals surface area (Å²) in [6.45, 7) is 4.56. The van der Waals surface area contributed by atoms with Gasteiger partial charge in [0, 0.05) is 0 Å². The molecular weight excluding hydrogens is 146 g/mol. The van der Waals surface area contributed by atoms with Crippen molar-refractivity contribution in [1.29, 1.82) is 0 Å². The van der Waals surface area contributed by atoms with Crippen LogP contribution in [0.5, 0.6) is 0 Å². The summed E-state index contributed by atoms with van der Waals surface area (Å²) in [5, 5.41) is 0. The first-order chi connectivity index (χ1) is 4.41. The highest BCUT2D eigenvalue weighted by Gasteiger charge is 1.85. The van der Waals surface area contributed by atoms with E-state index in [4.69, 9.17) is 0 Å². The second-order valence-electron chi connectivity index (χ2n) is 2.06. The zero-order valence-corrected chi connectivity index (χ0v) is 8.54. The molecule has 0 amide bonds.